The Bertz CT molecular complexity index is 454. The lowest BCUT2D eigenvalue weighted by atomic mass is 10.1. The van der Waals surface area contributed by atoms with Crippen LogP contribution in [0.5, 0.6) is 5.88 Å². The summed E-state index contributed by atoms with van der Waals surface area (Å²) in [5.41, 5.74) is 2.90. The van der Waals surface area contributed by atoms with E-state index in [-0.39, 0.29) is 0 Å². The summed E-state index contributed by atoms with van der Waals surface area (Å²) in [6.45, 7) is 1.95. The van der Waals surface area contributed by atoms with Crippen LogP contribution in [0.3, 0.4) is 0 Å². The van der Waals surface area contributed by atoms with Crippen LogP contribution in [0, 0.1) is 6.92 Å². The summed E-state index contributed by atoms with van der Waals surface area (Å²) in [4.78, 5) is 8.59. The van der Waals surface area contributed by atoms with Crippen molar-refractivity contribution in [2.24, 2.45) is 0 Å². The molecule has 3 nitrogen and oxygen atoms in total. The number of ether oxygens (including phenoxy) is 1. The van der Waals surface area contributed by atoms with E-state index in [0.717, 1.165) is 17.0 Å². The predicted octanol–water partition coefficient (Wildman–Crippen LogP) is 2.46. The zero-order valence-corrected chi connectivity index (χ0v) is 8.77. The molecular weight excluding hydrogens is 188 g/mol. The van der Waals surface area contributed by atoms with Gasteiger partial charge in [-0.1, -0.05) is 6.07 Å². The Balaban J connectivity index is 2.46. The van der Waals surface area contributed by atoms with E-state index >= 15 is 0 Å². The number of pyridine rings is 2. The van der Waals surface area contributed by atoms with Crippen LogP contribution in [0.25, 0.3) is 11.3 Å². The van der Waals surface area contributed by atoms with Crippen molar-refractivity contribution in [1.29, 1.82) is 0 Å². The van der Waals surface area contributed by atoms with Gasteiger partial charge in [-0.05, 0) is 25.1 Å². The highest BCUT2D eigenvalue weighted by Gasteiger charge is 2.04. The largest absolute Gasteiger partial charge is 0.481 e. The second kappa shape index (κ2) is 4.09. The summed E-state index contributed by atoms with van der Waals surface area (Å²) in [5.74, 6) is 0.632. The molecular formula is C12H12N2O. The second-order valence-corrected chi connectivity index (χ2v) is 3.20. The number of nitrogens with zero attached hydrogens (tertiary/aromatic N) is 2. The summed E-state index contributed by atoms with van der Waals surface area (Å²) >= 11 is 0. The summed E-state index contributed by atoms with van der Waals surface area (Å²) in [7, 11) is 1.61. The Labute approximate surface area is 88.8 Å². The van der Waals surface area contributed by atoms with Gasteiger partial charge in [-0.3, -0.25) is 4.98 Å². The molecule has 0 saturated heterocycles. The Kier molecular flexibility index (Phi) is 2.63. The minimum Gasteiger partial charge on any atom is -0.481 e. The molecule has 0 atom stereocenters. The third kappa shape index (κ3) is 1.96. The molecule has 0 unspecified atom stereocenters. The molecule has 0 aliphatic heterocycles. The predicted molar refractivity (Wildman–Crippen MR) is 58.8 cm³/mol. The molecule has 2 aromatic rings. The van der Waals surface area contributed by atoms with Crippen LogP contribution in [0.4, 0.5) is 0 Å². The highest BCUT2D eigenvalue weighted by atomic mass is 16.5. The molecule has 0 spiro atoms. The SMILES string of the molecule is COc1ccc(-c2ccccn2)c(C)n1. The van der Waals surface area contributed by atoms with Crippen molar-refractivity contribution in [3.05, 3.63) is 42.2 Å². The van der Waals surface area contributed by atoms with E-state index in [0.29, 0.717) is 5.88 Å². The van der Waals surface area contributed by atoms with Gasteiger partial charge in [-0.2, -0.15) is 0 Å². The van der Waals surface area contributed by atoms with E-state index in [1.165, 1.54) is 0 Å². The van der Waals surface area contributed by atoms with Crippen LogP contribution in [0.15, 0.2) is 36.5 Å². The van der Waals surface area contributed by atoms with Gasteiger partial charge in [0.15, 0.2) is 0 Å². The van der Waals surface area contributed by atoms with Crippen molar-refractivity contribution in [2.45, 2.75) is 6.92 Å². The van der Waals surface area contributed by atoms with Crippen molar-refractivity contribution >= 4 is 0 Å². The smallest absolute Gasteiger partial charge is 0.213 e. The molecule has 0 aliphatic rings. The standard InChI is InChI=1S/C12H12N2O/c1-9-10(6-7-12(14-9)15-2)11-5-3-4-8-13-11/h3-8H,1-2H3. The van der Waals surface area contributed by atoms with Gasteiger partial charge < -0.3 is 4.74 Å². The van der Waals surface area contributed by atoms with Gasteiger partial charge in [0, 0.05) is 17.8 Å². The fourth-order valence-electron chi connectivity index (χ4n) is 1.44. The summed E-state index contributed by atoms with van der Waals surface area (Å²) in [5, 5.41) is 0. The van der Waals surface area contributed by atoms with Gasteiger partial charge in [-0.25, -0.2) is 4.98 Å². The second-order valence-electron chi connectivity index (χ2n) is 3.20. The van der Waals surface area contributed by atoms with Crippen LogP contribution < -0.4 is 4.74 Å². The minimum atomic E-state index is 0.632. The Hall–Kier alpha value is -1.90. The van der Waals surface area contributed by atoms with Crippen molar-refractivity contribution in [3.63, 3.8) is 0 Å². The van der Waals surface area contributed by atoms with E-state index in [1.807, 2.05) is 37.3 Å². The average Bonchev–Trinajstić information content (AvgIpc) is 2.30. The molecule has 0 amide bonds. The molecule has 0 radical (unpaired) electrons. The van der Waals surface area contributed by atoms with Crippen LogP contribution in [0.1, 0.15) is 5.69 Å². The quantitative estimate of drug-likeness (QED) is 0.747. The van der Waals surface area contributed by atoms with Gasteiger partial charge in [0.1, 0.15) is 0 Å². The molecule has 0 fully saturated rings. The molecule has 0 saturated carbocycles. The number of methoxy groups -OCH3 is 1. The van der Waals surface area contributed by atoms with Crippen LogP contribution in [-0.4, -0.2) is 17.1 Å². The van der Waals surface area contributed by atoms with Gasteiger partial charge >= 0.3 is 0 Å². The first-order valence-electron chi connectivity index (χ1n) is 4.74. The maximum atomic E-state index is 5.05. The first kappa shape index (κ1) is 9.65. The van der Waals surface area contributed by atoms with E-state index in [1.54, 1.807) is 13.3 Å². The normalized spacial score (nSPS) is 10.0. The van der Waals surface area contributed by atoms with Crippen molar-refractivity contribution in [3.8, 4) is 17.1 Å². The third-order valence-corrected chi connectivity index (χ3v) is 2.21. The van der Waals surface area contributed by atoms with Crippen LogP contribution >= 0.6 is 0 Å². The topological polar surface area (TPSA) is 35.0 Å². The van der Waals surface area contributed by atoms with Crippen molar-refractivity contribution in [2.75, 3.05) is 7.11 Å². The first-order valence-corrected chi connectivity index (χ1v) is 4.74. The minimum absolute atomic E-state index is 0.632. The van der Waals surface area contributed by atoms with E-state index in [4.69, 9.17) is 4.74 Å². The zero-order valence-electron chi connectivity index (χ0n) is 8.77. The van der Waals surface area contributed by atoms with Gasteiger partial charge in [0.2, 0.25) is 5.88 Å². The lowest BCUT2D eigenvalue weighted by Gasteiger charge is -2.05. The highest BCUT2D eigenvalue weighted by molar-refractivity contribution is 5.61. The molecule has 2 aromatic heterocycles. The third-order valence-electron chi connectivity index (χ3n) is 2.21. The zero-order chi connectivity index (χ0) is 10.7. The molecule has 0 aliphatic carbocycles. The Morgan fingerprint density at radius 1 is 1.13 bits per heavy atom. The fraction of sp³-hybridized carbons (Fsp3) is 0.167. The summed E-state index contributed by atoms with van der Waals surface area (Å²) in [6, 6.07) is 9.65. The molecule has 15 heavy (non-hydrogen) atoms. The number of hydrogen-bond donors (Lipinski definition) is 0. The molecule has 76 valence electrons. The lowest BCUT2D eigenvalue weighted by Crippen LogP contribution is -1.93. The van der Waals surface area contributed by atoms with Gasteiger partial charge in [0.05, 0.1) is 18.5 Å². The Morgan fingerprint density at radius 2 is 2.00 bits per heavy atom. The van der Waals surface area contributed by atoms with E-state index < -0.39 is 0 Å². The molecule has 0 aromatic carbocycles. The maximum Gasteiger partial charge on any atom is 0.213 e. The number of aromatic nitrogens is 2. The molecule has 0 N–H and O–H groups in total. The highest BCUT2D eigenvalue weighted by Crippen LogP contribution is 2.21. The number of aryl methyl sites for hydroxylation is 1. The van der Waals surface area contributed by atoms with Crippen LogP contribution in [0.2, 0.25) is 0 Å². The molecule has 3 heteroatoms. The van der Waals surface area contributed by atoms with Crippen LogP contribution in [-0.2, 0) is 0 Å². The molecule has 2 rings (SSSR count). The van der Waals surface area contributed by atoms with Crippen molar-refractivity contribution < 1.29 is 4.74 Å². The molecule has 0 bridgehead atoms. The fourth-order valence-corrected chi connectivity index (χ4v) is 1.44. The average molecular weight is 200 g/mol. The monoisotopic (exact) mass is 200 g/mol. The maximum absolute atomic E-state index is 5.05. The summed E-state index contributed by atoms with van der Waals surface area (Å²) in [6.07, 6.45) is 1.78. The van der Waals surface area contributed by atoms with Gasteiger partial charge in [0.25, 0.3) is 0 Å². The van der Waals surface area contributed by atoms with Gasteiger partial charge in [-0.15, -0.1) is 0 Å². The number of hydrogen-bond acceptors (Lipinski definition) is 3. The lowest BCUT2D eigenvalue weighted by molar-refractivity contribution is 0.397. The van der Waals surface area contributed by atoms with E-state index in [9.17, 15) is 0 Å². The Morgan fingerprint density at radius 3 is 2.60 bits per heavy atom. The first-order chi connectivity index (χ1) is 7.31. The number of rotatable bonds is 2. The van der Waals surface area contributed by atoms with E-state index in [2.05, 4.69) is 9.97 Å². The summed E-state index contributed by atoms with van der Waals surface area (Å²) < 4.78 is 5.05. The van der Waals surface area contributed by atoms with Crippen molar-refractivity contribution in [1.82, 2.24) is 9.97 Å². The molecule has 2 heterocycles.